The molecule has 1 fully saturated rings. The van der Waals surface area contributed by atoms with E-state index in [4.69, 9.17) is 4.42 Å². The Morgan fingerprint density at radius 1 is 1.37 bits per heavy atom. The molecule has 1 saturated heterocycles. The molecule has 1 N–H and O–H groups in total. The number of nitrogens with one attached hydrogen (secondary N) is 1. The van der Waals surface area contributed by atoms with E-state index < -0.39 is 0 Å². The number of nitrogens with zero attached hydrogens (tertiary/aromatic N) is 1. The largest absolute Gasteiger partial charge is 0.463 e. The summed E-state index contributed by atoms with van der Waals surface area (Å²) in [6.07, 6.45) is 0. The second-order valence-electron chi connectivity index (χ2n) is 6.37. The Bertz CT molecular complexity index is 397. The van der Waals surface area contributed by atoms with Gasteiger partial charge >= 0.3 is 0 Å². The van der Waals surface area contributed by atoms with Crippen molar-refractivity contribution in [1.82, 2.24) is 10.2 Å². The molecule has 1 atom stereocenters. The summed E-state index contributed by atoms with van der Waals surface area (Å²) in [6.45, 7) is 11.7. The van der Waals surface area contributed by atoms with Gasteiger partial charge in [-0.1, -0.05) is 0 Å². The van der Waals surface area contributed by atoms with Crippen LogP contribution in [0.5, 0.6) is 0 Å². The van der Waals surface area contributed by atoms with Gasteiger partial charge in [0.05, 0.1) is 13.1 Å². The Hall–Kier alpha value is -0.450. The fraction of sp³-hybridized carbons (Fsp3) is 0.733. The minimum absolute atomic E-state index is 0.131. The average Bonchev–Trinajstić information content (AvgIpc) is 2.77. The lowest BCUT2D eigenvalue weighted by molar-refractivity contribution is 0.204. The first-order chi connectivity index (χ1) is 8.94. The highest BCUT2D eigenvalue weighted by atomic mass is 32.2. The standard InChI is InChI=1S/C15H26N2OS/c1-12-11-19-8-7-17(12)10-14-6-5-13(18-14)9-16-15(2,3)4/h5-6,12,16H,7-11H2,1-4H3. The predicted molar refractivity (Wildman–Crippen MR) is 82.5 cm³/mol. The van der Waals surface area contributed by atoms with E-state index in [0.29, 0.717) is 6.04 Å². The van der Waals surface area contributed by atoms with Gasteiger partial charge in [-0.25, -0.2) is 0 Å². The third-order valence-electron chi connectivity index (χ3n) is 3.37. The van der Waals surface area contributed by atoms with Crippen molar-refractivity contribution in [3.63, 3.8) is 0 Å². The maximum atomic E-state index is 5.92. The molecule has 1 unspecified atom stereocenters. The van der Waals surface area contributed by atoms with E-state index in [9.17, 15) is 0 Å². The van der Waals surface area contributed by atoms with E-state index >= 15 is 0 Å². The summed E-state index contributed by atoms with van der Waals surface area (Å²) in [7, 11) is 0. The van der Waals surface area contributed by atoms with Gasteiger partial charge in [0.2, 0.25) is 0 Å². The van der Waals surface area contributed by atoms with E-state index in [-0.39, 0.29) is 5.54 Å². The molecule has 3 nitrogen and oxygen atoms in total. The normalized spacial score (nSPS) is 21.8. The highest BCUT2D eigenvalue weighted by Gasteiger charge is 2.20. The summed E-state index contributed by atoms with van der Waals surface area (Å²) >= 11 is 2.05. The monoisotopic (exact) mass is 282 g/mol. The van der Waals surface area contributed by atoms with E-state index in [2.05, 4.69) is 61.8 Å². The highest BCUT2D eigenvalue weighted by molar-refractivity contribution is 7.99. The number of thioether (sulfide) groups is 1. The molecule has 0 amide bonds. The van der Waals surface area contributed by atoms with Crippen molar-refractivity contribution in [2.45, 2.75) is 52.4 Å². The van der Waals surface area contributed by atoms with Crippen LogP contribution in [0.3, 0.4) is 0 Å². The quantitative estimate of drug-likeness (QED) is 0.918. The number of hydrogen-bond acceptors (Lipinski definition) is 4. The smallest absolute Gasteiger partial charge is 0.118 e. The lowest BCUT2D eigenvalue weighted by Crippen LogP contribution is -2.39. The van der Waals surface area contributed by atoms with Crippen LogP contribution in [0.25, 0.3) is 0 Å². The molecule has 1 aromatic rings. The van der Waals surface area contributed by atoms with Crippen LogP contribution < -0.4 is 5.32 Å². The molecule has 0 spiro atoms. The molecule has 0 bridgehead atoms. The van der Waals surface area contributed by atoms with Crippen molar-refractivity contribution in [1.29, 1.82) is 0 Å². The molecule has 0 aromatic carbocycles. The fourth-order valence-corrected chi connectivity index (χ4v) is 3.23. The summed E-state index contributed by atoms with van der Waals surface area (Å²) in [5.74, 6) is 4.59. The maximum Gasteiger partial charge on any atom is 0.118 e. The van der Waals surface area contributed by atoms with Crippen LogP contribution in [0.15, 0.2) is 16.5 Å². The number of hydrogen-bond donors (Lipinski definition) is 1. The topological polar surface area (TPSA) is 28.4 Å². The first-order valence-electron chi connectivity index (χ1n) is 7.08. The summed E-state index contributed by atoms with van der Waals surface area (Å²) in [5.41, 5.74) is 0.131. The summed E-state index contributed by atoms with van der Waals surface area (Å²) in [4.78, 5) is 2.51. The molecule has 1 aromatic heterocycles. The zero-order valence-electron chi connectivity index (χ0n) is 12.5. The molecular weight excluding hydrogens is 256 g/mol. The van der Waals surface area contributed by atoms with Crippen LogP contribution in [-0.4, -0.2) is 34.5 Å². The van der Waals surface area contributed by atoms with Gasteiger partial charge in [-0.15, -0.1) is 0 Å². The van der Waals surface area contributed by atoms with Gasteiger partial charge in [-0.05, 0) is 39.8 Å². The van der Waals surface area contributed by atoms with Gasteiger partial charge in [0.15, 0.2) is 0 Å². The molecule has 0 aliphatic carbocycles. The minimum Gasteiger partial charge on any atom is -0.463 e. The zero-order chi connectivity index (χ0) is 13.9. The molecule has 2 rings (SSSR count). The molecule has 1 aliphatic rings. The third kappa shape index (κ3) is 4.86. The molecule has 0 radical (unpaired) electrons. The van der Waals surface area contributed by atoms with Gasteiger partial charge < -0.3 is 9.73 Å². The van der Waals surface area contributed by atoms with Crippen molar-refractivity contribution >= 4 is 11.8 Å². The van der Waals surface area contributed by atoms with Crippen LogP contribution in [0, 0.1) is 0 Å². The van der Waals surface area contributed by atoms with Crippen molar-refractivity contribution in [2.75, 3.05) is 18.1 Å². The SMILES string of the molecule is CC1CSCCN1Cc1ccc(CNC(C)(C)C)o1. The summed E-state index contributed by atoms with van der Waals surface area (Å²) in [5, 5.41) is 3.45. The predicted octanol–water partition coefficient (Wildman–Crippen LogP) is 3.11. The van der Waals surface area contributed by atoms with Gasteiger partial charge in [0, 0.05) is 29.6 Å². The van der Waals surface area contributed by atoms with Gasteiger partial charge in [0.1, 0.15) is 11.5 Å². The third-order valence-corrected chi connectivity index (χ3v) is 4.56. The fourth-order valence-electron chi connectivity index (χ4n) is 2.15. The van der Waals surface area contributed by atoms with Crippen molar-refractivity contribution in [3.05, 3.63) is 23.7 Å². The minimum atomic E-state index is 0.131. The average molecular weight is 282 g/mol. The summed E-state index contributed by atoms with van der Waals surface area (Å²) < 4.78 is 5.92. The second kappa shape index (κ2) is 6.33. The Morgan fingerprint density at radius 3 is 2.79 bits per heavy atom. The molecule has 2 heterocycles. The molecule has 108 valence electrons. The van der Waals surface area contributed by atoms with E-state index in [0.717, 1.165) is 24.6 Å². The van der Waals surface area contributed by atoms with Gasteiger partial charge in [-0.3, -0.25) is 4.90 Å². The first kappa shape index (κ1) is 14.9. The molecule has 0 saturated carbocycles. The van der Waals surface area contributed by atoms with Crippen LogP contribution in [0.2, 0.25) is 0 Å². The number of furan rings is 1. The van der Waals surface area contributed by atoms with E-state index in [1.165, 1.54) is 18.1 Å². The Balaban J connectivity index is 1.86. The lowest BCUT2D eigenvalue weighted by atomic mass is 10.1. The van der Waals surface area contributed by atoms with Crippen molar-refractivity contribution in [2.24, 2.45) is 0 Å². The van der Waals surface area contributed by atoms with E-state index in [1.807, 2.05) is 0 Å². The molecule has 19 heavy (non-hydrogen) atoms. The molecule has 4 heteroatoms. The highest BCUT2D eigenvalue weighted by Crippen LogP contribution is 2.19. The molecular formula is C15H26N2OS. The lowest BCUT2D eigenvalue weighted by Gasteiger charge is -2.32. The molecule has 1 aliphatic heterocycles. The van der Waals surface area contributed by atoms with Crippen molar-refractivity contribution in [3.8, 4) is 0 Å². The zero-order valence-corrected chi connectivity index (χ0v) is 13.3. The summed E-state index contributed by atoms with van der Waals surface area (Å²) in [6, 6.07) is 4.87. The Kier molecular flexibility index (Phi) is 4.98. The Morgan fingerprint density at radius 2 is 2.11 bits per heavy atom. The van der Waals surface area contributed by atoms with Crippen LogP contribution in [-0.2, 0) is 13.1 Å². The van der Waals surface area contributed by atoms with Crippen molar-refractivity contribution < 1.29 is 4.42 Å². The van der Waals surface area contributed by atoms with Gasteiger partial charge in [0.25, 0.3) is 0 Å². The van der Waals surface area contributed by atoms with Crippen LogP contribution in [0.4, 0.5) is 0 Å². The maximum absolute atomic E-state index is 5.92. The number of rotatable bonds is 4. The Labute approximate surface area is 121 Å². The van der Waals surface area contributed by atoms with Crippen LogP contribution in [0.1, 0.15) is 39.2 Å². The van der Waals surface area contributed by atoms with E-state index in [1.54, 1.807) is 0 Å². The first-order valence-corrected chi connectivity index (χ1v) is 8.24. The van der Waals surface area contributed by atoms with Crippen LogP contribution >= 0.6 is 11.8 Å². The van der Waals surface area contributed by atoms with Gasteiger partial charge in [-0.2, -0.15) is 11.8 Å². The second-order valence-corrected chi connectivity index (χ2v) is 7.52.